The van der Waals surface area contributed by atoms with E-state index in [0.717, 1.165) is 12.8 Å². The number of amides is 2. The quantitative estimate of drug-likeness (QED) is 0.799. The van der Waals surface area contributed by atoms with E-state index in [9.17, 15) is 9.59 Å². The Balaban J connectivity index is 1.81. The summed E-state index contributed by atoms with van der Waals surface area (Å²) in [5.41, 5.74) is 0. The van der Waals surface area contributed by atoms with Crippen molar-refractivity contribution in [2.75, 3.05) is 6.61 Å². The van der Waals surface area contributed by atoms with Gasteiger partial charge in [-0.15, -0.1) is 0 Å². The molecule has 1 aliphatic rings. The summed E-state index contributed by atoms with van der Waals surface area (Å²) in [6.07, 6.45) is 2.06. The van der Waals surface area contributed by atoms with Crippen molar-refractivity contribution in [2.45, 2.75) is 38.8 Å². The van der Waals surface area contributed by atoms with Gasteiger partial charge in [0.25, 0.3) is 5.91 Å². The molecule has 0 aliphatic heterocycles. The predicted octanol–water partition coefficient (Wildman–Crippen LogP) is 1.48. The average molecular weight is 290 g/mol. The molecule has 1 atom stereocenters. The second-order valence-electron chi connectivity index (χ2n) is 5.67. The Hall–Kier alpha value is -2.04. The lowest BCUT2D eigenvalue weighted by molar-refractivity contribution is -0.131. The fourth-order valence-electron chi connectivity index (χ4n) is 1.93. The van der Waals surface area contributed by atoms with E-state index in [1.54, 1.807) is 12.1 Å². The van der Waals surface area contributed by atoms with Crippen molar-refractivity contribution >= 4 is 11.8 Å². The van der Waals surface area contributed by atoms with Crippen LogP contribution in [0.25, 0.3) is 0 Å². The first-order valence-corrected chi connectivity index (χ1v) is 7.34. The number of nitrogens with one attached hydrogen (secondary N) is 2. The summed E-state index contributed by atoms with van der Waals surface area (Å²) >= 11 is 0. The molecule has 1 fully saturated rings. The van der Waals surface area contributed by atoms with Gasteiger partial charge in [-0.3, -0.25) is 9.59 Å². The highest BCUT2D eigenvalue weighted by atomic mass is 16.5. The molecule has 114 valence electrons. The largest absolute Gasteiger partial charge is 0.484 e. The molecule has 0 bridgehead atoms. The highest BCUT2D eigenvalue weighted by Gasteiger charge is 2.30. The van der Waals surface area contributed by atoms with Gasteiger partial charge in [0.1, 0.15) is 11.8 Å². The molecule has 0 saturated heterocycles. The number of carbonyl (C=O) groups excluding carboxylic acids is 2. The molecule has 0 spiro atoms. The monoisotopic (exact) mass is 290 g/mol. The maximum Gasteiger partial charge on any atom is 0.258 e. The smallest absolute Gasteiger partial charge is 0.258 e. The zero-order chi connectivity index (χ0) is 15.2. The molecular weight excluding hydrogens is 268 g/mol. The Labute approximate surface area is 125 Å². The van der Waals surface area contributed by atoms with Crippen molar-refractivity contribution in [1.29, 1.82) is 0 Å². The molecule has 21 heavy (non-hydrogen) atoms. The Morgan fingerprint density at radius 3 is 2.48 bits per heavy atom. The molecular formula is C16H22N2O3. The van der Waals surface area contributed by atoms with E-state index >= 15 is 0 Å². The van der Waals surface area contributed by atoms with Crippen LogP contribution in [0, 0.1) is 5.92 Å². The van der Waals surface area contributed by atoms with Gasteiger partial charge in [-0.1, -0.05) is 32.0 Å². The third-order valence-corrected chi connectivity index (χ3v) is 3.30. The van der Waals surface area contributed by atoms with Gasteiger partial charge < -0.3 is 15.4 Å². The molecule has 2 rings (SSSR count). The van der Waals surface area contributed by atoms with Crippen LogP contribution in [-0.4, -0.2) is 30.5 Å². The number of hydrogen-bond donors (Lipinski definition) is 2. The van der Waals surface area contributed by atoms with E-state index in [1.165, 1.54) is 0 Å². The first kappa shape index (κ1) is 15.4. The van der Waals surface area contributed by atoms with Gasteiger partial charge in [0.05, 0.1) is 0 Å². The van der Waals surface area contributed by atoms with Gasteiger partial charge in [0, 0.05) is 6.04 Å². The van der Waals surface area contributed by atoms with Crippen molar-refractivity contribution < 1.29 is 14.3 Å². The molecule has 0 unspecified atom stereocenters. The fourth-order valence-corrected chi connectivity index (χ4v) is 1.93. The molecule has 0 radical (unpaired) electrons. The van der Waals surface area contributed by atoms with E-state index in [1.807, 2.05) is 32.0 Å². The molecule has 1 saturated carbocycles. The Morgan fingerprint density at radius 2 is 1.90 bits per heavy atom. The number of ether oxygens (including phenoxy) is 1. The van der Waals surface area contributed by atoms with Crippen LogP contribution in [0.2, 0.25) is 0 Å². The zero-order valence-corrected chi connectivity index (χ0v) is 12.5. The maximum atomic E-state index is 12.1. The van der Waals surface area contributed by atoms with Crippen LogP contribution in [0.4, 0.5) is 0 Å². The molecule has 1 aromatic carbocycles. The minimum atomic E-state index is -0.516. The number of hydrogen-bond acceptors (Lipinski definition) is 3. The van der Waals surface area contributed by atoms with Gasteiger partial charge in [0.15, 0.2) is 6.61 Å². The molecule has 2 amide bonds. The average Bonchev–Trinajstić information content (AvgIpc) is 3.27. The molecule has 1 aliphatic carbocycles. The van der Waals surface area contributed by atoms with Crippen molar-refractivity contribution in [3.05, 3.63) is 30.3 Å². The van der Waals surface area contributed by atoms with Gasteiger partial charge in [-0.2, -0.15) is 0 Å². The van der Waals surface area contributed by atoms with E-state index in [0.29, 0.717) is 5.75 Å². The maximum absolute atomic E-state index is 12.1. The normalized spacial score (nSPS) is 15.4. The minimum absolute atomic E-state index is 0.0319. The van der Waals surface area contributed by atoms with Crippen LogP contribution in [0.3, 0.4) is 0 Å². The lowest BCUT2D eigenvalue weighted by Crippen LogP contribution is -2.51. The van der Waals surface area contributed by atoms with Crippen molar-refractivity contribution in [2.24, 2.45) is 5.92 Å². The first-order valence-electron chi connectivity index (χ1n) is 7.34. The van der Waals surface area contributed by atoms with E-state index < -0.39 is 6.04 Å². The number of benzene rings is 1. The summed E-state index contributed by atoms with van der Waals surface area (Å²) in [7, 11) is 0. The molecule has 5 nitrogen and oxygen atoms in total. The molecule has 5 heteroatoms. The number of carbonyl (C=O) groups is 2. The second-order valence-corrected chi connectivity index (χ2v) is 5.67. The molecule has 0 heterocycles. The first-order chi connectivity index (χ1) is 10.1. The van der Waals surface area contributed by atoms with Crippen LogP contribution in [0.1, 0.15) is 26.7 Å². The Kier molecular flexibility index (Phi) is 5.20. The van der Waals surface area contributed by atoms with Crippen LogP contribution < -0.4 is 15.4 Å². The molecule has 1 aromatic rings. The van der Waals surface area contributed by atoms with Crippen molar-refractivity contribution in [1.82, 2.24) is 10.6 Å². The Bertz CT molecular complexity index is 484. The van der Waals surface area contributed by atoms with Crippen molar-refractivity contribution in [3.63, 3.8) is 0 Å². The van der Waals surface area contributed by atoms with Crippen molar-refractivity contribution in [3.8, 4) is 5.75 Å². The van der Waals surface area contributed by atoms with Gasteiger partial charge in [-0.05, 0) is 30.9 Å². The number of para-hydroxylation sites is 1. The molecule has 0 aromatic heterocycles. The SMILES string of the molecule is CC(C)[C@H](NC(=O)COc1ccccc1)C(=O)NC1CC1. The summed E-state index contributed by atoms with van der Waals surface area (Å²) in [5.74, 6) is 0.268. The lowest BCUT2D eigenvalue weighted by Gasteiger charge is -2.21. The standard InChI is InChI=1S/C16H22N2O3/c1-11(2)15(16(20)17-12-8-9-12)18-14(19)10-21-13-6-4-3-5-7-13/h3-7,11-12,15H,8-10H2,1-2H3,(H,17,20)(H,18,19)/t15-/m0/s1. The highest BCUT2D eigenvalue weighted by molar-refractivity contribution is 5.88. The van der Waals surface area contributed by atoms with E-state index in [-0.39, 0.29) is 30.4 Å². The van der Waals surface area contributed by atoms with E-state index in [2.05, 4.69) is 10.6 Å². The number of rotatable bonds is 7. The third kappa shape index (κ3) is 5.10. The van der Waals surface area contributed by atoms with Gasteiger partial charge in [0.2, 0.25) is 5.91 Å². The second kappa shape index (κ2) is 7.11. The van der Waals surface area contributed by atoms with Crippen LogP contribution in [0.15, 0.2) is 30.3 Å². The summed E-state index contributed by atoms with van der Waals surface area (Å²) < 4.78 is 5.38. The highest BCUT2D eigenvalue weighted by Crippen LogP contribution is 2.19. The Morgan fingerprint density at radius 1 is 1.24 bits per heavy atom. The topological polar surface area (TPSA) is 67.4 Å². The van der Waals surface area contributed by atoms with Crippen LogP contribution in [0.5, 0.6) is 5.75 Å². The van der Waals surface area contributed by atoms with Gasteiger partial charge >= 0.3 is 0 Å². The van der Waals surface area contributed by atoms with Crippen LogP contribution in [-0.2, 0) is 9.59 Å². The third-order valence-electron chi connectivity index (χ3n) is 3.30. The summed E-state index contributed by atoms with van der Waals surface area (Å²) in [4.78, 5) is 24.0. The summed E-state index contributed by atoms with van der Waals surface area (Å²) in [6.45, 7) is 3.73. The lowest BCUT2D eigenvalue weighted by atomic mass is 10.0. The minimum Gasteiger partial charge on any atom is -0.484 e. The summed E-state index contributed by atoms with van der Waals surface area (Å²) in [6, 6.07) is 8.90. The fraction of sp³-hybridized carbons (Fsp3) is 0.500. The van der Waals surface area contributed by atoms with E-state index in [4.69, 9.17) is 4.74 Å². The van der Waals surface area contributed by atoms with Gasteiger partial charge in [-0.25, -0.2) is 0 Å². The van der Waals surface area contributed by atoms with Crippen LogP contribution >= 0.6 is 0 Å². The molecule has 2 N–H and O–H groups in total. The summed E-state index contributed by atoms with van der Waals surface area (Å²) in [5, 5.41) is 5.66. The predicted molar refractivity (Wildman–Crippen MR) is 79.9 cm³/mol. The zero-order valence-electron chi connectivity index (χ0n) is 12.5.